The zero-order chi connectivity index (χ0) is 26.1. The second-order valence-corrected chi connectivity index (χ2v) is 9.26. The average molecular weight is 518 g/mol. The standard InChI is InChI=1S/C27H25F2N7O2/c1-18-12-19(2-5-24(18)38-21-6-8-36-25(14-21)31-17-33-36)34-26-22-13-20(3-4-23(22)30-16-32-26)37-11-10-35-9-7-27(28,29)15-35/h2-6,8,12-14,16-17H,7,9-11,15H2,1H3,(H,30,32,34). The first-order chi connectivity index (χ1) is 18.4. The van der Waals surface area contributed by atoms with Crippen molar-refractivity contribution in [3.63, 3.8) is 0 Å². The molecule has 9 nitrogen and oxygen atoms in total. The van der Waals surface area contributed by atoms with Gasteiger partial charge in [-0.05, 0) is 55.0 Å². The fourth-order valence-electron chi connectivity index (χ4n) is 4.48. The maximum absolute atomic E-state index is 13.4. The molecule has 0 radical (unpaired) electrons. The van der Waals surface area contributed by atoms with Gasteiger partial charge in [-0.1, -0.05) is 0 Å². The van der Waals surface area contributed by atoms with Gasteiger partial charge in [-0.15, -0.1) is 0 Å². The highest BCUT2D eigenvalue weighted by molar-refractivity contribution is 5.91. The van der Waals surface area contributed by atoms with Gasteiger partial charge in [0.15, 0.2) is 5.65 Å². The Morgan fingerprint density at radius 1 is 1.00 bits per heavy atom. The van der Waals surface area contributed by atoms with Crippen LogP contribution < -0.4 is 14.8 Å². The summed E-state index contributed by atoms with van der Waals surface area (Å²) >= 11 is 0. The zero-order valence-corrected chi connectivity index (χ0v) is 20.6. The van der Waals surface area contributed by atoms with Crippen molar-refractivity contribution in [3.8, 4) is 17.2 Å². The van der Waals surface area contributed by atoms with Crippen molar-refractivity contribution in [2.24, 2.45) is 0 Å². The number of fused-ring (bicyclic) bond motifs is 2. The number of hydrogen-bond acceptors (Lipinski definition) is 8. The van der Waals surface area contributed by atoms with E-state index in [1.165, 1.54) is 12.7 Å². The number of hydrogen-bond donors (Lipinski definition) is 1. The summed E-state index contributed by atoms with van der Waals surface area (Å²) in [5.41, 5.74) is 3.24. The Balaban J connectivity index is 1.15. The van der Waals surface area contributed by atoms with E-state index < -0.39 is 5.92 Å². The number of aryl methyl sites for hydroxylation is 1. The molecule has 0 saturated carbocycles. The lowest BCUT2D eigenvalue weighted by Crippen LogP contribution is -2.29. The molecule has 1 N–H and O–H groups in total. The molecule has 6 rings (SSSR count). The van der Waals surface area contributed by atoms with Crippen molar-refractivity contribution in [1.82, 2.24) is 29.5 Å². The molecule has 194 valence electrons. The van der Waals surface area contributed by atoms with Crippen molar-refractivity contribution in [2.45, 2.75) is 19.3 Å². The molecule has 0 bridgehead atoms. The van der Waals surface area contributed by atoms with Crippen LogP contribution >= 0.6 is 0 Å². The number of ether oxygens (including phenoxy) is 2. The second kappa shape index (κ2) is 9.82. The monoisotopic (exact) mass is 517 g/mol. The third-order valence-electron chi connectivity index (χ3n) is 6.45. The number of nitrogens with zero attached hydrogens (tertiary/aromatic N) is 6. The van der Waals surface area contributed by atoms with E-state index in [9.17, 15) is 8.78 Å². The highest BCUT2D eigenvalue weighted by atomic mass is 19.3. The summed E-state index contributed by atoms with van der Waals surface area (Å²) in [7, 11) is 0. The van der Waals surface area contributed by atoms with Crippen LogP contribution in [0.2, 0.25) is 0 Å². The molecule has 0 amide bonds. The van der Waals surface area contributed by atoms with Crippen LogP contribution in [0.1, 0.15) is 12.0 Å². The van der Waals surface area contributed by atoms with Gasteiger partial charge in [0.05, 0.1) is 12.1 Å². The number of nitrogens with one attached hydrogen (secondary N) is 1. The number of benzene rings is 2. The van der Waals surface area contributed by atoms with Gasteiger partial charge in [0.2, 0.25) is 0 Å². The molecule has 1 aliphatic rings. The van der Waals surface area contributed by atoms with Gasteiger partial charge in [0.1, 0.15) is 42.3 Å². The zero-order valence-electron chi connectivity index (χ0n) is 20.6. The number of rotatable bonds is 8. The molecule has 11 heteroatoms. The summed E-state index contributed by atoms with van der Waals surface area (Å²) in [5, 5.41) is 8.25. The molecule has 1 fully saturated rings. The Morgan fingerprint density at radius 3 is 2.76 bits per heavy atom. The van der Waals surface area contributed by atoms with Crippen LogP contribution in [0.5, 0.6) is 17.2 Å². The fourth-order valence-corrected chi connectivity index (χ4v) is 4.48. The van der Waals surface area contributed by atoms with Crippen LogP contribution in [0.25, 0.3) is 16.6 Å². The molecule has 0 unspecified atom stereocenters. The molecule has 1 aliphatic heterocycles. The van der Waals surface area contributed by atoms with E-state index in [2.05, 4.69) is 25.4 Å². The van der Waals surface area contributed by atoms with Gasteiger partial charge >= 0.3 is 0 Å². The van der Waals surface area contributed by atoms with Crippen molar-refractivity contribution < 1.29 is 18.3 Å². The fraction of sp³-hybridized carbons (Fsp3) is 0.259. The summed E-state index contributed by atoms with van der Waals surface area (Å²) in [6.45, 7) is 2.91. The summed E-state index contributed by atoms with van der Waals surface area (Å²) < 4.78 is 40.4. The van der Waals surface area contributed by atoms with Crippen molar-refractivity contribution in [1.29, 1.82) is 0 Å². The maximum atomic E-state index is 13.4. The first-order valence-electron chi connectivity index (χ1n) is 12.2. The van der Waals surface area contributed by atoms with Crippen LogP contribution in [-0.2, 0) is 0 Å². The van der Waals surface area contributed by atoms with Crippen LogP contribution in [-0.4, -0.2) is 61.6 Å². The number of likely N-dealkylation sites (tertiary alicyclic amines) is 1. The van der Waals surface area contributed by atoms with E-state index >= 15 is 0 Å². The smallest absolute Gasteiger partial charge is 0.261 e. The molecule has 5 aromatic rings. The minimum atomic E-state index is -2.60. The van der Waals surface area contributed by atoms with Gasteiger partial charge < -0.3 is 14.8 Å². The van der Waals surface area contributed by atoms with Crippen molar-refractivity contribution in [3.05, 3.63) is 72.9 Å². The lowest BCUT2D eigenvalue weighted by Gasteiger charge is -2.16. The Bertz CT molecular complexity index is 1610. The van der Waals surface area contributed by atoms with Gasteiger partial charge in [-0.3, -0.25) is 4.90 Å². The largest absolute Gasteiger partial charge is 0.492 e. The topological polar surface area (TPSA) is 89.7 Å². The predicted octanol–water partition coefficient (Wildman–Crippen LogP) is 5.24. The third-order valence-corrected chi connectivity index (χ3v) is 6.45. The highest BCUT2D eigenvalue weighted by Gasteiger charge is 2.37. The molecule has 4 heterocycles. The van der Waals surface area contributed by atoms with Crippen LogP contribution in [0.3, 0.4) is 0 Å². The Labute approximate surface area is 217 Å². The van der Waals surface area contributed by atoms with Gasteiger partial charge in [-0.25, -0.2) is 28.2 Å². The quantitative estimate of drug-likeness (QED) is 0.299. The summed E-state index contributed by atoms with van der Waals surface area (Å²) in [6, 6.07) is 15.0. The molecule has 1 saturated heterocycles. The molecule has 0 spiro atoms. The minimum Gasteiger partial charge on any atom is -0.492 e. The Kier molecular flexibility index (Phi) is 6.20. The minimum absolute atomic E-state index is 0.0965. The van der Waals surface area contributed by atoms with Gasteiger partial charge in [0.25, 0.3) is 5.92 Å². The van der Waals surface area contributed by atoms with Gasteiger partial charge in [0, 0.05) is 42.8 Å². The molecule has 3 aromatic heterocycles. The van der Waals surface area contributed by atoms with E-state index in [0.29, 0.717) is 42.7 Å². The molecule has 38 heavy (non-hydrogen) atoms. The number of halogens is 2. The van der Waals surface area contributed by atoms with Crippen molar-refractivity contribution >= 4 is 28.1 Å². The molecule has 2 aromatic carbocycles. The number of pyridine rings is 1. The van der Waals surface area contributed by atoms with E-state index in [0.717, 1.165) is 27.9 Å². The summed E-state index contributed by atoms with van der Waals surface area (Å²) in [4.78, 5) is 14.7. The van der Waals surface area contributed by atoms with Crippen LogP contribution in [0.4, 0.5) is 20.3 Å². The van der Waals surface area contributed by atoms with Crippen molar-refractivity contribution in [2.75, 3.05) is 31.6 Å². The first kappa shape index (κ1) is 24.0. The van der Waals surface area contributed by atoms with Crippen LogP contribution in [0, 0.1) is 6.92 Å². The Hall–Kier alpha value is -4.38. The average Bonchev–Trinajstić information content (AvgIpc) is 3.51. The number of aromatic nitrogens is 5. The highest BCUT2D eigenvalue weighted by Crippen LogP contribution is 2.31. The molecular formula is C27H25F2N7O2. The number of alkyl halides is 2. The lowest BCUT2D eigenvalue weighted by atomic mass is 10.2. The molecular weight excluding hydrogens is 492 g/mol. The first-order valence-corrected chi connectivity index (χ1v) is 12.2. The Morgan fingerprint density at radius 2 is 1.92 bits per heavy atom. The molecule has 0 atom stereocenters. The van der Waals surface area contributed by atoms with Gasteiger partial charge in [-0.2, -0.15) is 5.10 Å². The van der Waals surface area contributed by atoms with E-state index in [1.54, 1.807) is 15.6 Å². The van der Waals surface area contributed by atoms with E-state index in [4.69, 9.17) is 9.47 Å². The van der Waals surface area contributed by atoms with Crippen LogP contribution in [0.15, 0.2) is 67.4 Å². The normalized spacial score (nSPS) is 15.2. The number of anilines is 2. The third kappa shape index (κ3) is 5.18. The molecule has 0 aliphatic carbocycles. The second-order valence-electron chi connectivity index (χ2n) is 9.26. The summed E-state index contributed by atoms with van der Waals surface area (Å²) in [6.07, 6.45) is 4.70. The SMILES string of the molecule is Cc1cc(Nc2ncnc3ccc(OCCN4CCC(F)(F)C4)cc23)ccc1Oc1ccn2ncnc2c1. The maximum Gasteiger partial charge on any atom is 0.261 e. The predicted molar refractivity (Wildman–Crippen MR) is 139 cm³/mol. The summed E-state index contributed by atoms with van der Waals surface area (Å²) in [5.74, 6) is 0.0481. The van der Waals surface area contributed by atoms with E-state index in [1.807, 2.05) is 55.5 Å². The van der Waals surface area contributed by atoms with E-state index in [-0.39, 0.29) is 13.0 Å². The lowest BCUT2D eigenvalue weighted by molar-refractivity contribution is 0.0113.